The van der Waals surface area contributed by atoms with E-state index in [0.717, 1.165) is 5.56 Å². The van der Waals surface area contributed by atoms with Crippen molar-refractivity contribution < 1.29 is 18.8 Å². The lowest BCUT2D eigenvalue weighted by Gasteiger charge is -2.05. The molecule has 0 saturated carbocycles. The Labute approximate surface area is 132 Å². The van der Waals surface area contributed by atoms with Gasteiger partial charge in [0, 0.05) is 12.1 Å². The second-order valence-corrected chi connectivity index (χ2v) is 4.66. The van der Waals surface area contributed by atoms with Gasteiger partial charge in [0.05, 0.1) is 12.5 Å². The first-order valence-electron chi connectivity index (χ1n) is 6.96. The SMILES string of the molecule is Cc1onc(-c2ccccc2)c1C(=O)OCC(=O)NCCC#N. The lowest BCUT2D eigenvalue weighted by Crippen LogP contribution is -2.29. The number of nitriles is 1. The summed E-state index contributed by atoms with van der Waals surface area (Å²) in [5.74, 6) is -0.833. The third kappa shape index (κ3) is 4.17. The normalized spacial score (nSPS) is 9.91. The summed E-state index contributed by atoms with van der Waals surface area (Å²) in [6.07, 6.45) is 0.197. The zero-order chi connectivity index (χ0) is 16.7. The Morgan fingerprint density at radius 1 is 1.35 bits per heavy atom. The summed E-state index contributed by atoms with van der Waals surface area (Å²) >= 11 is 0. The monoisotopic (exact) mass is 313 g/mol. The number of hydrogen-bond donors (Lipinski definition) is 1. The Morgan fingerprint density at radius 3 is 2.78 bits per heavy atom. The summed E-state index contributed by atoms with van der Waals surface area (Å²) in [5.41, 5.74) is 1.29. The number of aromatic nitrogens is 1. The molecule has 0 unspecified atom stereocenters. The first kappa shape index (κ1) is 16.2. The van der Waals surface area contributed by atoms with Crippen molar-refractivity contribution in [3.05, 3.63) is 41.7 Å². The summed E-state index contributed by atoms with van der Waals surface area (Å²) in [4.78, 5) is 23.7. The van der Waals surface area contributed by atoms with Crippen LogP contribution in [-0.2, 0) is 9.53 Å². The second-order valence-electron chi connectivity index (χ2n) is 4.66. The molecule has 2 aromatic rings. The number of nitrogens with zero attached hydrogens (tertiary/aromatic N) is 2. The maximum Gasteiger partial charge on any atom is 0.344 e. The van der Waals surface area contributed by atoms with Crippen molar-refractivity contribution in [2.24, 2.45) is 0 Å². The van der Waals surface area contributed by atoms with E-state index in [1.165, 1.54) is 0 Å². The van der Waals surface area contributed by atoms with Crippen molar-refractivity contribution in [3.63, 3.8) is 0 Å². The van der Waals surface area contributed by atoms with Gasteiger partial charge in [-0.05, 0) is 6.92 Å². The second kappa shape index (κ2) is 7.75. The summed E-state index contributed by atoms with van der Waals surface area (Å²) in [7, 11) is 0. The van der Waals surface area contributed by atoms with Crippen molar-refractivity contribution in [1.29, 1.82) is 5.26 Å². The van der Waals surface area contributed by atoms with Crippen LogP contribution in [0.3, 0.4) is 0 Å². The van der Waals surface area contributed by atoms with Gasteiger partial charge in [0.25, 0.3) is 5.91 Å². The topological polar surface area (TPSA) is 105 Å². The maximum absolute atomic E-state index is 12.2. The van der Waals surface area contributed by atoms with Crippen molar-refractivity contribution in [2.45, 2.75) is 13.3 Å². The van der Waals surface area contributed by atoms with Crippen LogP contribution in [0, 0.1) is 18.3 Å². The number of carbonyl (C=O) groups excluding carboxylic acids is 2. The first-order chi connectivity index (χ1) is 11.1. The number of amides is 1. The molecule has 0 radical (unpaired) electrons. The van der Waals surface area contributed by atoms with Crippen LogP contribution in [-0.4, -0.2) is 30.2 Å². The zero-order valence-electron chi connectivity index (χ0n) is 12.5. The van der Waals surface area contributed by atoms with Gasteiger partial charge in [0.2, 0.25) is 0 Å². The van der Waals surface area contributed by atoms with E-state index in [1.54, 1.807) is 19.1 Å². The summed E-state index contributed by atoms with van der Waals surface area (Å²) in [6, 6.07) is 11.0. The fraction of sp³-hybridized carbons (Fsp3) is 0.250. The molecule has 0 atom stereocenters. The van der Waals surface area contributed by atoms with E-state index in [0.29, 0.717) is 11.5 Å². The van der Waals surface area contributed by atoms with E-state index in [1.807, 2.05) is 24.3 Å². The summed E-state index contributed by atoms with van der Waals surface area (Å²) < 4.78 is 10.1. The lowest BCUT2D eigenvalue weighted by atomic mass is 10.1. The molecule has 1 aromatic heterocycles. The van der Waals surface area contributed by atoms with Crippen LogP contribution in [0.25, 0.3) is 11.3 Å². The van der Waals surface area contributed by atoms with Crippen LogP contribution in [0.15, 0.2) is 34.9 Å². The summed E-state index contributed by atoms with van der Waals surface area (Å²) in [6.45, 7) is 1.39. The molecule has 1 N–H and O–H groups in total. The van der Waals surface area contributed by atoms with Crippen LogP contribution in [0.1, 0.15) is 22.5 Å². The lowest BCUT2D eigenvalue weighted by molar-refractivity contribution is -0.124. The predicted molar refractivity (Wildman–Crippen MR) is 80.2 cm³/mol. The van der Waals surface area contributed by atoms with Gasteiger partial charge in [-0.25, -0.2) is 4.79 Å². The molecule has 0 fully saturated rings. The molecule has 2 rings (SSSR count). The Kier molecular flexibility index (Phi) is 5.47. The molecule has 7 nitrogen and oxygen atoms in total. The highest BCUT2D eigenvalue weighted by molar-refractivity contribution is 5.98. The number of ether oxygens (including phenoxy) is 1. The minimum atomic E-state index is -0.682. The number of hydrogen-bond acceptors (Lipinski definition) is 6. The van der Waals surface area contributed by atoms with Crippen LogP contribution >= 0.6 is 0 Å². The Bertz CT molecular complexity index is 732. The highest BCUT2D eigenvalue weighted by Gasteiger charge is 2.23. The average molecular weight is 313 g/mol. The van der Waals surface area contributed by atoms with Gasteiger partial charge in [-0.1, -0.05) is 35.5 Å². The molecule has 0 aliphatic carbocycles. The van der Waals surface area contributed by atoms with Gasteiger partial charge >= 0.3 is 5.97 Å². The molecule has 0 aliphatic heterocycles. The summed E-state index contributed by atoms with van der Waals surface area (Å²) in [5, 5.41) is 14.7. The Balaban J connectivity index is 2.05. The fourth-order valence-corrected chi connectivity index (χ4v) is 1.92. The predicted octanol–water partition coefficient (Wildman–Crippen LogP) is 1.84. The smallest absolute Gasteiger partial charge is 0.344 e. The van der Waals surface area contributed by atoms with Gasteiger partial charge in [-0.2, -0.15) is 5.26 Å². The number of benzene rings is 1. The number of rotatable bonds is 6. The van der Waals surface area contributed by atoms with E-state index in [2.05, 4.69) is 10.5 Å². The van der Waals surface area contributed by atoms with Crippen molar-refractivity contribution in [2.75, 3.05) is 13.2 Å². The molecular weight excluding hydrogens is 298 g/mol. The van der Waals surface area contributed by atoms with E-state index >= 15 is 0 Å². The third-order valence-electron chi connectivity index (χ3n) is 3.01. The van der Waals surface area contributed by atoms with E-state index in [4.69, 9.17) is 14.5 Å². The third-order valence-corrected chi connectivity index (χ3v) is 3.01. The fourth-order valence-electron chi connectivity index (χ4n) is 1.92. The van der Waals surface area contributed by atoms with Crippen LogP contribution in [0.4, 0.5) is 0 Å². The number of carbonyl (C=O) groups is 2. The molecule has 118 valence electrons. The molecule has 1 amide bonds. The maximum atomic E-state index is 12.2. The molecule has 0 bridgehead atoms. The van der Waals surface area contributed by atoms with Gasteiger partial charge in [-0.15, -0.1) is 0 Å². The van der Waals surface area contributed by atoms with Crippen molar-refractivity contribution >= 4 is 11.9 Å². The van der Waals surface area contributed by atoms with Crippen LogP contribution < -0.4 is 5.32 Å². The molecule has 23 heavy (non-hydrogen) atoms. The van der Waals surface area contributed by atoms with Gasteiger partial charge in [0.1, 0.15) is 17.0 Å². The van der Waals surface area contributed by atoms with Crippen LogP contribution in [0.2, 0.25) is 0 Å². The van der Waals surface area contributed by atoms with Crippen molar-refractivity contribution in [3.8, 4) is 17.3 Å². The minimum Gasteiger partial charge on any atom is -0.452 e. The van der Waals surface area contributed by atoms with E-state index in [9.17, 15) is 9.59 Å². The molecule has 0 spiro atoms. The highest BCUT2D eigenvalue weighted by Crippen LogP contribution is 2.25. The molecule has 0 saturated heterocycles. The number of aryl methyl sites for hydroxylation is 1. The molecular formula is C16H15N3O4. The molecule has 0 aliphatic rings. The highest BCUT2D eigenvalue weighted by atomic mass is 16.5. The Hall–Kier alpha value is -3.14. The molecule has 7 heteroatoms. The van der Waals surface area contributed by atoms with Gasteiger partial charge < -0.3 is 14.6 Å². The minimum absolute atomic E-state index is 0.195. The number of nitrogens with one attached hydrogen (secondary N) is 1. The number of esters is 1. The van der Waals surface area contributed by atoms with E-state index < -0.39 is 18.5 Å². The quantitative estimate of drug-likeness (QED) is 0.644. The Morgan fingerprint density at radius 2 is 2.09 bits per heavy atom. The molecule has 1 aromatic carbocycles. The zero-order valence-corrected chi connectivity index (χ0v) is 12.5. The average Bonchev–Trinajstić information content (AvgIpc) is 2.95. The first-order valence-corrected chi connectivity index (χ1v) is 6.96. The van der Waals surface area contributed by atoms with Crippen molar-refractivity contribution in [1.82, 2.24) is 10.5 Å². The molecule has 1 heterocycles. The van der Waals surface area contributed by atoms with Gasteiger partial charge in [-0.3, -0.25) is 4.79 Å². The van der Waals surface area contributed by atoms with E-state index in [-0.39, 0.29) is 18.5 Å². The standard InChI is InChI=1S/C16H15N3O4/c1-11-14(15(19-23-11)12-6-3-2-4-7-12)16(21)22-10-13(20)18-9-5-8-17/h2-4,6-7H,5,9-10H2,1H3,(H,18,20). The van der Waals surface area contributed by atoms with Gasteiger partial charge in [0.15, 0.2) is 6.61 Å². The largest absolute Gasteiger partial charge is 0.452 e. The van der Waals surface area contributed by atoms with Crippen LogP contribution in [0.5, 0.6) is 0 Å².